The van der Waals surface area contributed by atoms with E-state index in [4.69, 9.17) is 4.74 Å². The highest BCUT2D eigenvalue weighted by molar-refractivity contribution is 5.84. The van der Waals surface area contributed by atoms with Crippen LogP contribution in [0.25, 0.3) is 10.8 Å². The molecule has 0 unspecified atom stereocenters. The Labute approximate surface area is 152 Å². The molecule has 132 valence electrons. The average molecular weight is 335 g/mol. The minimum atomic E-state index is 0.555. The van der Waals surface area contributed by atoms with Gasteiger partial charge in [-0.2, -0.15) is 0 Å². The molecule has 0 radical (unpaired) electrons. The Balaban J connectivity index is 1.65. The van der Waals surface area contributed by atoms with Gasteiger partial charge in [0.15, 0.2) is 0 Å². The summed E-state index contributed by atoms with van der Waals surface area (Å²) < 4.78 is 5.64. The second-order valence-corrected chi connectivity index (χ2v) is 7.20. The van der Waals surface area contributed by atoms with E-state index in [1.54, 1.807) is 6.08 Å². The predicted molar refractivity (Wildman–Crippen MR) is 108 cm³/mol. The van der Waals surface area contributed by atoms with Gasteiger partial charge in [0.05, 0.1) is 0 Å². The molecule has 0 aliphatic heterocycles. The van der Waals surface area contributed by atoms with Crippen LogP contribution in [0.1, 0.15) is 56.9 Å². The quantitative estimate of drug-likeness (QED) is 0.494. The van der Waals surface area contributed by atoms with Crippen molar-refractivity contribution in [3.63, 3.8) is 0 Å². The molecule has 0 bridgehead atoms. The van der Waals surface area contributed by atoms with Crippen LogP contribution in [0.3, 0.4) is 0 Å². The summed E-state index contributed by atoms with van der Waals surface area (Å²) in [6.45, 7) is 6.50. The molecule has 0 atom stereocenters. The lowest BCUT2D eigenvalue weighted by Crippen LogP contribution is -2.11. The molecule has 2 aromatic rings. The topological polar surface area (TPSA) is 9.23 Å². The molecule has 3 rings (SSSR count). The van der Waals surface area contributed by atoms with E-state index in [9.17, 15) is 0 Å². The molecule has 1 aliphatic rings. The van der Waals surface area contributed by atoms with Gasteiger partial charge in [0.1, 0.15) is 12.4 Å². The van der Waals surface area contributed by atoms with Crippen LogP contribution in [0, 0.1) is 5.92 Å². The van der Waals surface area contributed by atoms with E-state index in [0.717, 1.165) is 17.6 Å². The Bertz CT molecular complexity index is 720. The van der Waals surface area contributed by atoms with Crippen molar-refractivity contribution in [2.75, 3.05) is 6.61 Å². The first kappa shape index (κ1) is 17.8. The van der Waals surface area contributed by atoms with Gasteiger partial charge in [0, 0.05) is 0 Å². The minimum Gasteiger partial charge on any atom is -0.490 e. The molecule has 1 saturated carbocycles. The average Bonchev–Trinajstić information content (AvgIpc) is 2.66. The van der Waals surface area contributed by atoms with Gasteiger partial charge >= 0.3 is 0 Å². The van der Waals surface area contributed by atoms with Gasteiger partial charge in [-0.05, 0) is 72.4 Å². The molecule has 0 amide bonds. The lowest BCUT2D eigenvalue weighted by atomic mass is 9.78. The molecule has 25 heavy (non-hydrogen) atoms. The first-order valence-electron chi connectivity index (χ1n) is 9.74. The number of hydrogen-bond donors (Lipinski definition) is 0. The number of allylic oxidation sites excluding steroid dienone is 2. The maximum absolute atomic E-state index is 5.64. The molecule has 2 aromatic carbocycles. The van der Waals surface area contributed by atoms with Gasteiger partial charge in [-0.25, -0.2) is 0 Å². The van der Waals surface area contributed by atoms with Crippen molar-refractivity contribution in [1.82, 2.24) is 0 Å². The van der Waals surface area contributed by atoms with Crippen LogP contribution in [0.15, 0.2) is 61.2 Å². The number of rotatable bonds is 7. The highest BCUT2D eigenvalue weighted by atomic mass is 16.5. The van der Waals surface area contributed by atoms with Crippen LogP contribution in [-0.4, -0.2) is 6.61 Å². The van der Waals surface area contributed by atoms with Gasteiger partial charge in [-0.1, -0.05) is 62.4 Å². The van der Waals surface area contributed by atoms with Crippen molar-refractivity contribution in [2.24, 2.45) is 5.92 Å². The third kappa shape index (κ3) is 4.75. The van der Waals surface area contributed by atoms with Crippen molar-refractivity contribution in [1.29, 1.82) is 0 Å². The Morgan fingerprint density at radius 3 is 2.56 bits per heavy atom. The van der Waals surface area contributed by atoms with Crippen molar-refractivity contribution < 1.29 is 4.74 Å². The van der Waals surface area contributed by atoms with Crippen LogP contribution in [0.5, 0.6) is 5.75 Å². The van der Waals surface area contributed by atoms with E-state index in [-0.39, 0.29) is 0 Å². The SMILES string of the molecule is C=CCOc1ccc2cc(C3CCC(/C=C/CCC)CC3)ccc2c1. The minimum absolute atomic E-state index is 0.555. The predicted octanol–water partition coefficient (Wildman–Crippen LogP) is 7.03. The smallest absolute Gasteiger partial charge is 0.120 e. The van der Waals surface area contributed by atoms with Gasteiger partial charge in [0.2, 0.25) is 0 Å². The standard InChI is InChI=1S/C24H30O/c1-3-5-6-7-19-8-10-20(11-9-19)21-12-13-23-18-24(25-16-4-2)15-14-22(23)17-21/h4,6-7,12-15,17-20H,2-3,5,8-11,16H2,1H3/b7-6+. The number of ether oxygens (including phenoxy) is 1. The fraction of sp³-hybridized carbons (Fsp3) is 0.417. The van der Waals surface area contributed by atoms with Crippen LogP contribution in [0.4, 0.5) is 0 Å². The zero-order valence-electron chi connectivity index (χ0n) is 15.4. The Morgan fingerprint density at radius 1 is 1.04 bits per heavy atom. The van der Waals surface area contributed by atoms with Gasteiger partial charge in [-0.3, -0.25) is 0 Å². The molecular formula is C24H30O. The van der Waals surface area contributed by atoms with E-state index in [0.29, 0.717) is 6.61 Å². The van der Waals surface area contributed by atoms with Crippen LogP contribution in [0.2, 0.25) is 0 Å². The molecule has 0 heterocycles. The van der Waals surface area contributed by atoms with E-state index in [1.807, 2.05) is 0 Å². The number of benzene rings is 2. The van der Waals surface area contributed by atoms with Crippen LogP contribution in [-0.2, 0) is 0 Å². The maximum Gasteiger partial charge on any atom is 0.120 e. The van der Waals surface area contributed by atoms with E-state index >= 15 is 0 Å². The number of hydrogen-bond acceptors (Lipinski definition) is 1. The van der Waals surface area contributed by atoms with E-state index in [2.05, 4.69) is 62.1 Å². The Hall–Kier alpha value is -2.02. The van der Waals surface area contributed by atoms with Gasteiger partial charge in [-0.15, -0.1) is 0 Å². The summed E-state index contributed by atoms with van der Waals surface area (Å²) >= 11 is 0. The number of fused-ring (bicyclic) bond motifs is 1. The second-order valence-electron chi connectivity index (χ2n) is 7.20. The molecule has 1 nitrogen and oxygen atoms in total. The summed E-state index contributed by atoms with van der Waals surface area (Å²) in [6, 6.07) is 13.3. The zero-order valence-corrected chi connectivity index (χ0v) is 15.4. The molecular weight excluding hydrogens is 304 g/mol. The summed E-state index contributed by atoms with van der Waals surface area (Å²) in [7, 11) is 0. The van der Waals surface area contributed by atoms with Gasteiger partial charge in [0.25, 0.3) is 0 Å². The fourth-order valence-corrected chi connectivity index (χ4v) is 3.84. The first-order chi connectivity index (χ1) is 12.3. The summed E-state index contributed by atoms with van der Waals surface area (Å²) in [5, 5.41) is 2.56. The lowest BCUT2D eigenvalue weighted by Gasteiger charge is -2.27. The summed E-state index contributed by atoms with van der Waals surface area (Å²) in [4.78, 5) is 0. The summed E-state index contributed by atoms with van der Waals surface area (Å²) in [6.07, 6.45) is 14.4. The maximum atomic E-state index is 5.64. The first-order valence-corrected chi connectivity index (χ1v) is 9.74. The Kier molecular flexibility index (Phi) is 6.33. The number of unbranched alkanes of at least 4 members (excludes halogenated alkanes) is 1. The van der Waals surface area contributed by atoms with Crippen molar-refractivity contribution >= 4 is 10.8 Å². The monoisotopic (exact) mass is 334 g/mol. The third-order valence-electron chi connectivity index (χ3n) is 5.31. The normalized spacial score (nSPS) is 20.8. The fourth-order valence-electron chi connectivity index (χ4n) is 3.84. The summed E-state index contributed by atoms with van der Waals surface area (Å²) in [5.74, 6) is 2.43. The van der Waals surface area contributed by atoms with E-state index in [1.165, 1.54) is 54.9 Å². The zero-order chi connectivity index (χ0) is 17.5. The molecule has 0 saturated heterocycles. The molecule has 1 fully saturated rings. The van der Waals surface area contributed by atoms with Crippen LogP contribution < -0.4 is 4.74 Å². The lowest BCUT2D eigenvalue weighted by molar-refractivity contribution is 0.364. The highest BCUT2D eigenvalue weighted by Crippen LogP contribution is 2.37. The van der Waals surface area contributed by atoms with Crippen molar-refractivity contribution in [3.8, 4) is 5.75 Å². The molecule has 0 aromatic heterocycles. The van der Waals surface area contributed by atoms with Crippen molar-refractivity contribution in [2.45, 2.75) is 51.4 Å². The van der Waals surface area contributed by atoms with Crippen molar-refractivity contribution in [3.05, 3.63) is 66.8 Å². The molecule has 0 N–H and O–H groups in total. The summed E-state index contributed by atoms with van der Waals surface area (Å²) in [5.41, 5.74) is 1.50. The van der Waals surface area contributed by atoms with E-state index < -0.39 is 0 Å². The second kappa shape index (κ2) is 8.89. The Morgan fingerprint density at radius 2 is 1.80 bits per heavy atom. The molecule has 1 aliphatic carbocycles. The largest absolute Gasteiger partial charge is 0.490 e. The highest BCUT2D eigenvalue weighted by Gasteiger charge is 2.20. The van der Waals surface area contributed by atoms with Crippen LogP contribution >= 0.6 is 0 Å². The molecule has 1 heteroatoms. The molecule has 0 spiro atoms. The van der Waals surface area contributed by atoms with Gasteiger partial charge < -0.3 is 4.74 Å². The third-order valence-corrected chi connectivity index (χ3v) is 5.31.